The monoisotopic (exact) mass is 469 g/mol. The second-order valence-corrected chi connectivity index (χ2v) is 8.28. The van der Waals surface area contributed by atoms with Gasteiger partial charge in [-0.15, -0.1) is 12.4 Å². The van der Waals surface area contributed by atoms with E-state index in [-0.39, 0.29) is 31.2 Å². The minimum atomic E-state index is -0.545. The summed E-state index contributed by atoms with van der Waals surface area (Å²) in [5, 5.41) is 10.5. The number of aliphatic hydroxyl groups excluding tert-OH is 1. The summed E-state index contributed by atoms with van der Waals surface area (Å²) in [5.74, 6) is 0.814. The molecule has 3 rings (SSSR count). The Bertz CT molecular complexity index is 736. The zero-order chi connectivity index (χ0) is 19.4. The van der Waals surface area contributed by atoms with Gasteiger partial charge in [-0.3, -0.25) is 4.90 Å². The van der Waals surface area contributed by atoms with Crippen molar-refractivity contribution in [1.29, 1.82) is 0 Å². The molecule has 3 atom stereocenters. The number of ether oxygens (including phenoxy) is 2. The lowest BCUT2D eigenvalue weighted by atomic mass is 10.0. The third-order valence-electron chi connectivity index (χ3n) is 4.97. The van der Waals surface area contributed by atoms with E-state index in [0.29, 0.717) is 13.2 Å². The summed E-state index contributed by atoms with van der Waals surface area (Å²) in [6, 6.07) is 14.6. The minimum absolute atomic E-state index is 0. The fraction of sp³-hybridized carbons (Fsp3) is 0.455. The van der Waals surface area contributed by atoms with E-state index in [4.69, 9.17) is 9.47 Å². The maximum atomic E-state index is 10.5. The van der Waals surface area contributed by atoms with Gasteiger partial charge in [-0.2, -0.15) is 0 Å². The molecule has 28 heavy (non-hydrogen) atoms. The molecular weight excluding hydrogens is 442 g/mol. The Labute approximate surface area is 182 Å². The van der Waals surface area contributed by atoms with Crippen LogP contribution in [0.1, 0.15) is 29.7 Å². The lowest BCUT2D eigenvalue weighted by molar-refractivity contribution is -0.0804. The third kappa shape index (κ3) is 6.19. The zero-order valence-electron chi connectivity index (χ0n) is 16.6. The average molecular weight is 471 g/mol. The van der Waals surface area contributed by atoms with Crippen LogP contribution in [0.25, 0.3) is 0 Å². The van der Waals surface area contributed by atoms with E-state index < -0.39 is 6.10 Å². The molecule has 1 heterocycles. The van der Waals surface area contributed by atoms with Crippen LogP contribution in [0, 0.1) is 13.8 Å². The van der Waals surface area contributed by atoms with Crippen molar-refractivity contribution >= 4 is 28.3 Å². The Hall–Kier alpha value is -1.11. The van der Waals surface area contributed by atoms with Gasteiger partial charge in [0.05, 0.1) is 12.7 Å². The largest absolute Gasteiger partial charge is 0.491 e. The first kappa shape index (κ1) is 23.2. The molecule has 2 aromatic carbocycles. The number of β-amino-alcohol motifs (C(OH)–C–C–N with tert-alkyl or cyclic N) is 1. The van der Waals surface area contributed by atoms with E-state index in [0.717, 1.165) is 22.3 Å². The van der Waals surface area contributed by atoms with Gasteiger partial charge < -0.3 is 14.6 Å². The fourth-order valence-electron chi connectivity index (χ4n) is 3.65. The summed E-state index contributed by atoms with van der Waals surface area (Å²) in [6.45, 7) is 8.59. The van der Waals surface area contributed by atoms with Crippen molar-refractivity contribution < 1.29 is 14.6 Å². The van der Waals surface area contributed by atoms with Gasteiger partial charge in [0, 0.05) is 23.6 Å². The van der Waals surface area contributed by atoms with E-state index in [1.54, 1.807) is 0 Å². The van der Waals surface area contributed by atoms with Gasteiger partial charge in [0.25, 0.3) is 0 Å². The first-order valence-corrected chi connectivity index (χ1v) is 10.2. The SMILES string of the molecule is Cc1cc(C)cc(OCC(O)CN2CCOC(c3ccc(Br)cc3)C2C)c1.Cl. The Morgan fingerprint density at radius 3 is 2.46 bits per heavy atom. The highest BCUT2D eigenvalue weighted by atomic mass is 79.9. The van der Waals surface area contributed by atoms with Crippen molar-refractivity contribution in [3.8, 4) is 5.75 Å². The molecule has 6 heteroatoms. The van der Waals surface area contributed by atoms with E-state index in [1.165, 1.54) is 11.1 Å². The molecule has 0 spiro atoms. The number of rotatable bonds is 6. The van der Waals surface area contributed by atoms with Crippen LogP contribution >= 0.6 is 28.3 Å². The summed E-state index contributed by atoms with van der Waals surface area (Å²) in [4.78, 5) is 2.28. The molecule has 0 amide bonds. The number of aryl methyl sites for hydroxylation is 2. The van der Waals surface area contributed by atoms with Crippen LogP contribution in [0.2, 0.25) is 0 Å². The molecule has 0 saturated carbocycles. The molecule has 1 fully saturated rings. The van der Waals surface area contributed by atoms with Crippen LogP contribution in [0.3, 0.4) is 0 Å². The van der Waals surface area contributed by atoms with Crippen LogP contribution in [0.5, 0.6) is 5.75 Å². The highest BCUT2D eigenvalue weighted by Gasteiger charge is 2.31. The Morgan fingerprint density at radius 1 is 1.18 bits per heavy atom. The number of aliphatic hydroxyl groups is 1. The van der Waals surface area contributed by atoms with Crippen molar-refractivity contribution in [2.24, 2.45) is 0 Å². The van der Waals surface area contributed by atoms with Gasteiger partial charge in [-0.05, 0) is 61.7 Å². The fourth-order valence-corrected chi connectivity index (χ4v) is 3.91. The van der Waals surface area contributed by atoms with Crippen LogP contribution in [0.15, 0.2) is 46.9 Å². The standard InChI is InChI=1S/C22H28BrNO3.ClH/c1-15-10-16(2)12-21(11-15)27-14-20(25)13-24-8-9-26-22(17(24)3)18-4-6-19(23)7-5-18;/h4-7,10-12,17,20,22,25H,8-9,13-14H2,1-3H3;1H. The summed E-state index contributed by atoms with van der Waals surface area (Å²) in [5.41, 5.74) is 3.49. The van der Waals surface area contributed by atoms with Gasteiger partial charge in [0.15, 0.2) is 0 Å². The lowest BCUT2D eigenvalue weighted by Crippen LogP contribution is -2.49. The molecule has 154 valence electrons. The van der Waals surface area contributed by atoms with Crippen LogP contribution in [-0.2, 0) is 4.74 Å². The number of hydrogen-bond donors (Lipinski definition) is 1. The molecule has 0 aromatic heterocycles. The summed E-state index contributed by atoms with van der Waals surface area (Å²) < 4.78 is 12.9. The van der Waals surface area contributed by atoms with Crippen LogP contribution in [0.4, 0.5) is 0 Å². The van der Waals surface area contributed by atoms with E-state index in [9.17, 15) is 5.11 Å². The number of morpholine rings is 1. The normalized spacial score (nSPS) is 21.0. The maximum absolute atomic E-state index is 10.5. The molecule has 0 bridgehead atoms. The number of hydrogen-bond acceptors (Lipinski definition) is 4. The highest BCUT2D eigenvalue weighted by Crippen LogP contribution is 2.29. The topological polar surface area (TPSA) is 41.9 Å². The Kier molecular flexibility index (Phi) is 8.78. The molecule has 2 aromatic rings. The third-order valence-corrected chi connectivity index (χ3v) is 5.50. The number of halogens is 2. The van der Waals surface area contributed by atoms with Crippen molar-refractivity contribution in [2.75, 3.05) is 26.3 Å². The predicted molar refractivity (Wildman–Crippen MR) is 119 cm³/mol. The minimum Gasteiger partial charge on any atom is -0.491 e. The first-order valence-electron chi connectivity index (χ1n) is 9.42. The molecule has 1 aliphatic rings. The van der Waals surface area contributed by atoms with Gasteiger partial charge in [0.1, 0.15) is 18.5 Å². The molecule has 0 radical (unpaired) electrons. The van der Waals surface area contributed by atoms with Crippen LogP contribution < -0.4 is 4.74 Å². The predicted octanol–water partition coefficient (Wildman–Crippen LogP) is 4.69. The molecule has 3 unspecified atom stereocenters. The Balaban J connectivity index is 0.00000280. The maximum Gasteiger partial charge on any atom is 0.119 e. The van der Waals surface area contributed by atoms with Gasteiger partial charge in [-0.1, -0.05) is 34.1 Å². The van der Waals surface area contributed by atoms with E-state index >= 15 is 0 Å². The van der Waals surface area contributed by atoms with Crippen molar-refractivity contribution in [3.05, 3.63) is 63.6 Å². The molecule has 4 nitrogen and oxygen atoms in total. The van der Waals surface area contributed by atoms with Gasteiger partial charge in [-0.25, -0.2) is 0 Å². The Morgan fingerprint density at radius 2 is 1.82 bits per heavy atom. The zero-order valence-corrected chi connectivity index (χ0v) is 19.0. The lowest BCUT2D eigenvalue weighted by Gasteiger charge is -2.40. The van der Waals surface area contributed by atoms with E-state index in [1.807, 2.05) is 38.1 Å². The van der Waals surface area contributed by atoms with Gasteiger partial charge in [0.2, 0.25) is 0 Å². The van der Waals surface area contributed by atoms with Crippen LogP contribution in [-0.4, -0.2) is 48.5 Å². The summed E-state index contributed by atoms with van der Waals surface area (Å²) in [6.07, 6.45) is -0.531. The molecular formula is C22H29BrClNO3. The number of benzene rings is 2. The molecule has 1 aliphatic heterocycles. The summed E-state index contributed by atoms with van der Waals surface area (Å²) in [7, 11) is 0. The first-order chi connectivity index (χ1) is 12.9. The van der Waals surface area contributed by atoms with Crippen molar-refractivity contribution in [1.82, 2.24) is 4.90 Å². The molecule has 0 aliphatic carbocycles. The molecule has 1 saturated heterocycles. The average Bonchev–Trinajstić information content (AvgIpc) is 2.62. The van der Waals surface area contributed by atoms with E-state index in [2.05, 4.69) is 46.0 Å². The summed E-state index contributed by atoms with van der Waals surface area (Å²) >= 11 is 3.48. The van der Waals surface area contributed by atoms with Crippen molar-refractivity contribution in [3.63, 3.8) is 0 Å². The van der Waals surface area contributed by atoms with Gasteiger partial charge >= 0.3 is 0 Å². The smallest absolute Gasteiger partial charge is 0.119 e. The second kappa shape index (κ2) is 10.6. The second-order valence-electron chi connectivity index (χ2n) is 7.37. The van der Waals surface area contributed by atoms with Crippen molar-refractivity contribution in [2.45, 2.75) is 39.0 Å². The quantitative estimate of drug-likeness (QED) is 0.665. The highest BCUT2D eigenvalue weighted by molar-refractivity contribution is 9.10. The molecule has 1 N–H and O–H groups in total. The number of nitrogens with zero attached hydrogens (tertiary/aromatic N) is 1.